The van der Waals surface area contributed by atoms with E-state index in [0.717, 1.165) is 21.4 Å². The molecule has 2 aromatic carbocycles. The molecule has 0 fully saturated rings. The minimum atomic E-state index is -0.968. The van der Waals surface area contributed by atoms with E-state index in [1.54, 1.807) is 6.20 Å². The van der Waals surface area contributed by atoms with Crippen molar-refractivity contribution in [1.29, 1.82) is 0 Å². The molecule has 0 saturated carbocycles. The Morgan fingerprint density at radius 3 is 2.71 bits per heavy atom. The van der Waals surface area contributed by atoms with Gasteiger partial charge >= 0.3 is 0 Å². The van der Waals surface area contributed by atoms with Gasteiger partial charge in [0.15, 0.2) is 17.4 Å². The summed E-state index contributed by atoms with van der Waals surface area (Å²) in [6, 6.07) is 9.37. The molecule has 0 radical (unpaired) electrons. The highest BCUT2D eigenvalue weighted by Gasteiger charge is 2.17. The van der Waals surface area contributed by atoms with E-state index >= 15 is 0 Å². The third kappa shape index (κ3) is 2.49. The molecule has 0 spiro atoms. The van der Waals surface area contributed by atoms with Gasteiger partial charge in [0.25, 0.3) is 0 Å². The van der Waals surface area contributed by atoms with Crippen molar-refractivity contribution in [1.82, 2.24) is 4.98 Å². The van der Waals surface area contributed by atoms with E-state index in [-0.39, 0.29) is 17.8 Å². The van der Waals surface area contributed by atoms with E-state index in [4.69, 9.17) is 0 Å². The van der Waals surface area contributed by atoms with E-state index < -0.39 is 11.6 Å². The van der Waals surface area contributed by atoms with E-state index in [0.29, 0.717) is 5.56 Å². The second-order valence-electron chi connectivity index (χ2n) is 4.68. The van der Waals surface area contributed by atoms with Gasteiger partial charge in [0.1, 0.15) is 0 Å². The van der Waals surface area contributed by atoms with Crippen LogP contribution in [0.15, 0.2) is 47.1 Å². The number of benzene rings is 2. The van der Waals surface area contributed by atoms with Gasteiger partial charge in [-0.1, -0.05) is 34.1 Å². The number of nitrogens with one attached hydrogen (secondary N) is 1. The van der Waals surface area contributed by atoms with Crippen LogP contribution in [0, 0.1) is 11.6 Å². The summed E-state index contributed by atoms with van der Waals surface area (Å²) in [6.45, 7) is 0. The summed E-state index contributed by atoms with van der Waals surface area (Å²) in [4.78, 5) is 15.4. The lowest BCUT2D eigenvalue weighted by atomic mass is 10.0. The quantitative estimate of drug-likeness (QED) is 0.686. The van der Waals surface area contributed by atoms with Crippen molar-refractivity contribution in [3.63, 3.8) is 0 Å². The summed E-state index contributed by atoms with van der Waals surface area (Å²) in [5.41, 5.74) is 1.33. The van der Waals surface area contributed by atoms with Crippen LogP contribution in [-0.4, -0.2) is 10.8 Å². The van der Waals surface area contributed by atoms with E-state index in [1.165, 1.54) is 12.1 Å². The predicted octanol–water partition coefficient (Wildman–Crippen LogP) is 4.63. The van der Waals surface area contributed by atoms with Crippen LogP contribution in [0.5, 0.6) is 0 Å². The molecule has 106 valence electrons. The molecular weight excluding hydrogens is 340 g/mol. The topological polar surface area (TPSA) is 32.9 Å². The molecule has 3 rings (SSSR count). The fourth-order valence-corrected chi connectivity index (χ4v) is 2.89. The molecule has 0 unspecified atom stereocenters. The molecule has 1 aromatic heterocycles. The number of aromatic amines is 1. The molecule has 0 atom stereocenters. The first-order valence-electron chi connectivity index (χ1n) is 6.29. The SMILES string of the molecule is O=C(Cc1cccc(F)c1F)c1c[nH]c2cccc(Br)c12. The molecule has 1 heterocycles. The maximum Gasteiger partial charge on any atom is 0.169 e. The Bertz CT molecular complexity index is 841. The van der Waals surface area contributed by atoms with Crippen LogP contribution in [-0.2, 0) is 6.42 Å². The van der Waals surface area contributed by atoms with E-state index in [9.17, 15) is 13.6 Å². The van der Waals surface area contributed by atoms with Crippen LogP contribution in [0.2, 0.25) is 0 Å². The molecule has 5 heteroatoms. The molecule has 0 bridgehead atoms. The zero-order chi connectivity index (χ0) is 15.0. The zero-order valence-corrected chi connectivity index (χ0v) is 12.4. The Balaban J connectivity index is 2.00. The second-order valence-corrected chi connectivity index (χ2v) is 5.53. The molecule has 3 aromatic rings. The second kappa shape index (κ2) is 5.41. The van der Waals surface area contributed by atoms with Crippen molar-refractivity contribution in [3.8, 4) is 0 Å². The summed E-state index contributed by atoms with van der Waals surface area (Å²) >= 11 is 3.40. The molecule has 0 aliphatic carbocycles. The van der Waals surface area contributed by atoms with Crippen LogP contribution in [0.25, 0.3) is 10.9 Å². The highest BCUT2D eigenvalue weighted by atomic mass is 79.9. The van der Waals surface area contributed by atoms with Gasteiger partial charge in [-0.2, -0.15) is 0 Å². The van der Waals surface area contributed by atoms with Gasteiger partial charge in [0.05, 0.1) is 0 Å². The molecule has 21 heavy (non-hydrogen) atoms. The number of halogens is 3. The van der Waals surface area contributed by atoms with Gasteiger partial charge in [-0.25, -0.2) is 8.78 Å². The number of Topliss-reactive ketones (excluding diaryl/α,β-unsaturated/α-hetero) is 1. The van der Waals surface area contributed by atoms with Gasteiger partial charge in [-0.15, -0.1) is 0 Å². The Kier molecular flexibility index (Phi) is 3.59. The molecule has 2 nitrogen and oxygen atoms in total. The van der Waals surface area contributed by atoms with Crippen LogP contribution in [0.1, 0.15) is 15.9 Å². The summed E-state index contributed by atoms with van der Waals surface area (Å²) in [5, 5.41) is 0.749. The Morgan fingerprint density at radius 1 is 1.14 bits per heavy atom. The van der Waals surface area contributed by atoms with Gasteiger partial charge < -0.3 is 4.98 Å². The monoisotopic (exact) mass is 349 g/mol. The van der Waals surface area contributed by atoms with Crippen molar-refractivity contribution < 1.29 is 13.6 Å². The zero-order valence-electron chi connectivity index (χ0n) is 10.8. The number of rotatable bonds is 3. The van der Waals surface area contributed by atoms with Gasteiger partial charge in [-0.3, -0.25) is 4.79 Å². The van der Waals surface area contributed by atoms with Gasteiger partial charge in [-0.05, 0) is 23.8 Å². The lowest BCUT2D eigenvalue weighted by molar-refractivity contribution is 0.0993. The average molecular weight is 350 g/mol. The first-order valence-corrected chi connectivity index (χ1v) is 7.09. The number of hydrogen-bond donors (Lipinski definition) is 1. The molecule has 1 N–H and O–H groups in total. The third-order valence-electron chi connectivity index (χ3n) is 3.34. The largest absolute Gasteiger partial charge is 0.360 e. The number of carbonyl (C=O) groups excluding carboxylic acids is 1. The molecular formula is C16H10BrF2NO. The normalized spacial score (nSPS) is 11.0. The third-order valence-corrected chi connectivity index (χ3v) is 4.00. The lowest BCUT2D eigenvalue weighted by Crippen LogP contribution is -2.05. The van der Waals surface area contributed by atoms with Gasteiger partial charge in [0.2, 0.25) is 0 Å². The van der Waals surface area contributed by atoms with Crippen molar-refractivity contribution in [2.75, 3.05) is 0 Å². The Labute approximate surface area is 127 Å². The Morgan fingerprint density at radius 2 is 1.90 bits per heavy atom. The van der Waals surface area contributed by atoms with Crippen molar-refractivity contribution in [2.45, 2.75) is 6.42 Å². The van der Waals surface area contributed by atoms with Crippen LogP contribution in [0.3, 0.4) is 0 Å². The van der Waals surface area contributed by atoms with E-state index in [1.807, 2.05) is 18.2 Å². The minimum absolute atomic E-state index is 0.0569. The highest BCUT2D eigenvalue weighted by Crippen LogP contribution is 2.28. The van der Waals surface area contributed by atoms with Crippen LogP contribution >= 0.6 is 15.9 Å². The fourth-order valence-electron chi connectivity index (χ4n) is 2.31. The number of H-pyrrole nitrogens is 1. The number of aromatic nitrogens is 1. The summed E-state index contributed by atoms with van der Waals surface area (Å²) in [7, 11) is 0. The smallest absolute Gasteiger partial charge is 0.169 e. The number of fused-ring (bicyclic) bond motifs is 1. The minimum Gasteiger partial charge on any atom is -0.360 e. The molecule has 0 aliphatic rings. The summed E-state index contributed by atoms with van der Waals surface area (Å²) in [6.07, 6.45) is 1.41. The fraction of sp³-hybridized carbons (Fsp3) is 0.0625. The maximum absolute atomic E-state index is 13.7. The average Bonchev–Trinajstić information content (AvgIpc) is 2.89. The first-order chi connectivity index (χ1) is 10.1. The first kappa shape index (κ1) is 13.9. The van der Waals surface area contributed by atoms with Crippen LogP contribution < -0.4 is 0 Å². The van der Waals surface area contributed by atoms with Crippen LogP contribution in [0.4, 0.5) is 8.78 Å². The molecule has 0 amide bonds. The number of ketones is 1. The van der Waals surface area contributed by atoms with E-state index in [2.05, 4.69) is 20.9 Å². The van der Waals surface area contributed by atoms with Gasteiger partial charge in [0, 0.05) is 33.6 Å². The summed E-state index contributed by atoms with van der Waals surface area (Å²) in [5.74, 6) is -2.18. The predicted molar refractivity (Wildman–Crippen MR) is 80.4 cm³/mol. The lowest BCUT2D eigenvalue weighted by Gasteiger charge is -2.04. The number of hydrogen-bond acceptors (Lipinski definition) is 1. The molecule has 0 aliphatic heterocycles. The van der Waals surface area contributed by atoms with Crippen molar-refractivity contribution in [3.05, 3.63) is 69.8 Å². The molecule has 0 saturated heterocycles. The Hall–Kier alpha value is -2.01. The summed E-state index contributed by atoms with van der Waals surface area (Å²) < 4.78 is 27.6. The highest BCUT2D eigenvalue weighted by molar-refractivity contribution is 9.10. The standard InChI is InChI=1S/C16H10BrF2NO/c17-11-4-2-6-13-15(11)10(8-20-13)14(21)7-9-3-1-5-12(18)16(9)19/h1-6,8,20H,7H2. The number of carbonyl (C=O) groups is 1. The van der Waals surface area contributed by atoms with Crippen molar-refractivity contribution >= 4 is 32.6 Å². The maximum atomic E-state index is 13.7. The van der Waals surface area contributed by atoms with Crippen molar-refractivity contribution in [2.24, 2.45) is 0 Å².